The number of ketones is 1. The quantitative estimate of drug-likeness (QED) is 0.230. The SMILES string of the molecule is CCN(c1cccc(NS(=O)(=O)c2ccc(C(F)(F)F)cn2)c1)C1C(=O)CC(CCc2ccc(O)cc2)(C(C)C)OC1=O. The number of aromatic hydroxyl groups is 1. The van der Waals surface area contributed by atoms with Crippen LogP contribution in [-0.4, -0.2) is 48.4 Å². The molecule has 0 aliphatic carbocycles. The lowest BCUT2D eigenvalue weighted by atomic mass is 9.77. The Kier molecular flexibility index (Phi) is 9.05. The van der Waals surface area contributed by atoms with Gasteiger partial charge < -0.3 is 14.7 Å². The van der Waals surface area contributed by atoms with Crippen molar-refractivity contribution in [1.29, 1.82) is 0 Å². The van der Waals surface area contributed by atoms with Crippen molar-refractivity contribution in [3.05, 3.63) is 78.0 Å². The Hall–Kier alpha value is -4.13. The second kappa shape index (κ2) is 12.2. The van der Waals surface area contributed by atoms with Crippen molar-refractivity contribution in [2.75, 3.05) is 16.2 Å². The number of likely N-dealkylation sites (N-methyl/N-ethyl adjacent to an activating group) is 1. The summed E-state index contributed by atoms with van der Waals surface area (Å²) in [6.07, 6.45) is -3.31. The first kappa shape index (κ1) is 31.8. The van der Waals surface area contributed by atoms with Crippen LogP contribution in [0.4, 0.5) is 24.5 Å². The largest absolute Gasteiger partial charge is 0.508 e. The second-order valence-electron chi connectivity index (χ2n) is 10.7. The Labute approximate surface area is 247 Å². The second-order valence-corrected chi connectivity index (χ2v) is 12.3. The number of cyclic esters (lactones) is 1. The van der Waals surface area contributed by atoms with Crippen LogP contribution in [0, 0.1) is 5.92 Å². The first-order valence-electron chi connectivity index (χ1n) is 13.6. The normalized spacial score (nSPS) is 19.3. The van der Waals surface area contributed by atoms with Gasteiger partial charge in [-0.05, 0) is 73.7 Å². The summed E-state index contributed by atoms with van der Waals surface area (Å²) >= 11 is 0. The summed E-state index contributed by atoms with van der Waals surface area (Å²) in [6, 6.07) is 12.8. The molecule has 1 aliphatic heterocycles. The van der Waals surface area contributed by atoms with Crippen molar-refractivity contribution < 1.29 is 41.0 Å². The molecule has 2 N–H and O–H groups in total. The number of carbonyl (C=O) groups is 2. The number of Topliss-reactive ketones (excluding diaryl/α,β-unsaturated/α-hetero) is 1. The molecule has 9 nitrogen and oxygen atoms in total. The molecule has 0 amide bonds. The fourth-order valence-electron chi connectivity index (χ4n) is 5.06. The third-order valence-electron chi connectivity index (χ3n) is 7.55. The molecular weight excluding hydrogens is 587 g/mol. The number of carbonyl (C=O) groups excluding carboxylic acids is 2. The maximum atomic E-state index is 13.6. The number of ether oxygens (including phenoxy) is 1. The van der Waals surface area contributed by atoms with Crippen molar-refractivity contribution in [1.82, 2.24) is 4.98 Å². The molecule has 3 aromatic rings. The van der Waals surface area contributed by atoms with Crippen LogP contribution >= 0.6 is 0 Å². The molecule has 1 aliphatic rings. The van der Waals surface area contributed by atoms with Gasteiger partial charge >= 0.3 is 12.1 Å². The molecule has 4 rings (SSSR count). The number of alkyl halides is 3. The van der Waals surface area contributed by atoms with Crippen LogP contribution in [0.2, 0.25) is 0 Å². The van der Waals surface area contributed by atoms with Crippen LogP contribution in [0.5, 0.6) is 5.75 Å². The smallest absolute Gasteiger partial charge is 0.417 e. The van der Waals surface area contributed by atoms with Gasteiger partial charge in [0.1, 0.15) is 11.4 Å². The minimum atomic E-state index is -4.67. The predicted molar refractivity (Wildman–Crippen MR) is 153 cm³/mol. The maximum absolute atomic E-state index is 13.6. The van der Waals surface area contributed by atoms with E-state index in [0.29, 0.717) is 30.8 Å². The minimum absolute atomic E-state index is 0.0123. The average Bonchev–Trinajstić information content (AvgIpc) is 2.94. The topological polar surface area (TPSA) is 126 Å². The number of hydrogen-bond acceptors (Lipinski definition) is 8. The van der Waals surface area contributed by atoms with Gasteiger partial charge in [0, 0.05) is 24.8 Å². The third kappa shape index (κ3) is 7.10. The standard InChI is InChI=1S/C30H32F3N3O6S/c1-4-36(23-7-5-6-22(16-23)35-43(40,41)26-13-10-21(18-34-26)30(31,32)33)27-25(38)17-29(19(2)3,42-28(27)39)15-14-20-8-11-24(37)12-9-20/h5-13,16,18-19,27,35,37H,4,14-15,17H2,1-3H3. The number of sulfonamides is 1. The van der Waals surface area contributed by atoms with Gasteiger partial charge in [-0.1, -0.05) is 32.0 Å². The molecule has 1 saturated heterocycles. The van der Waals surface area contributed by atoms with E-state index in [4.69, 9.17) is 4.74 Å². The number of nitrogens with one attached hydrogen (secondary N) is 1. The molecule has 2 heterocycles. The number of anilines is 2. The molecule has 2 unspecified atom stereocenters. The number of pyridine rings is 1. The molecule has 230 valence electrons. The summed E-state index contributed by atoms with van der Waals surface area (Å²) in [4.78, 5) is 32.0. The minimum Gasteiger partial charge on any atom is -0.508 e. The lowest BCUT2D eigenvalue weighted by molar-refractivity contribution is -0.179. The molecule has 0 spiro atoms. The van der Waals surface area contributed by atoms with Crippen molar-refractivity contribution in [2.45, 2.75) is 62.9 Å². The molecule has 2 aromatic carbocycles. The van der Waals surface area contributed by atoms with Crippen molar-refractivity contribution in [3.63, 3.8) is 0 Å². The van der Waals surface area contributed by atoms with E-state index >= 15 is 0 Å². The number of aryl methyl sites for hydroxylation is 1. The van der Waals surface area contributed by atoms with Crippen molar-refractivity contribution >= 4 is 33.2 Å². The summed E-state index contributed by atoms with van der Waals surface area (Å²) in [6.45, 7) is 5.72. The van der Waals surface area contributed by atoms with Gasteiger partial charge in [-0.25, -0.2) is 9.78 Å². The number of phenolic OH excluding ortho intramolecular Hbond substituents is 1. The number of hydrogen-bond donors (Lipinski definition) is 2. The zero-order chi connectivity index (χ0) is 31.6. The Bertz CT molecular complexity index is 1560. The first-order valence-corrected chi connectivity index (χ1v) is 15.1. The number of phenols is 1. The highest BCUT2D eigenvalue weighted by atomic mass is 32.2. The maximum Gasteiger partial charge on any atom is 0.417 e. The summed E-state index contributed by atoms with van der Waals surface area (Å²) in [5, 5.41) is 8.94. The number of rotatable bonds is 10. The Balaban J connectivity index is 1.53. The van der Waals surface area contributed by atoms with E-state index in [2.05, 4.69) is 9.71 Å². The fourth-order valence-corrected chi connectivity index (χ4v) is 6.04. The lowest BCUT2D eigenvalue weighted by Crippen LogP contribution is -2.59. The van der Waals surface area contributed by atoms with E-state index < -0.39 is 44.4 Å². The molecule has 0 saturated carbocycles. The summed E-state index contributed by atoms with van der Waals surface area (Å²) in [5.74, 6) is -1.07. The predicted octanol–water partition coefficient (Wildman–Crippen LogP) is 5.35. The number of aromatic nitrogens is 1. The van der Waals surface area contributed by atoms with E-state index in [-0.39, 0.29) is 36.1 Å². The van der Waals surface area contributed by atoms with Gasteiger partial charge in [-0.3, -0.25) is 9.52 Å². The number of esters is 1. The third-order valence-corrected chi connectivity index (χ3v) is 8.85. The van der Waals surface area contributed by atoms with Gasteiger partial charge in [0.25, 0.3) is 10.0 Å². The number of benzene rings is 2. The van der Waals surface area contributed by atoms with Gasteiger partial charge in [0.05, 0.1) is 11.3 Å². The summed E-state index contributed by atoms with van der Waals surface area (Å²) in [5.41, 5.74) is -0.768. The number of halogens is 3. The van der Waals surface area contributed by atoms with Crippen molar-refractivity contribution in [3.8, 4) is 5.75 Å². The molecule has 2 atom stereocenters. The summed E-state index contributed by atoms with van der Waals surface area (Å²) in [7, 11) is -4.35. The molecule has 0 bridgehead atoms. The highest BCUT2D eigenvalue weighted by Crippen LogP contribution is 2.38. The summed E-state index contributed by atoms with van der Waals surface area (Å²) < 4.78 is 72.5. The van der Waals surface area contributed by atoms with Gasteiger partial charge in [0.2, 0.25) is 0 Å². The number of nitrogens with zero attached hydrogens (tertiary/aromatic N) is 2. The van der Waals surface area contributed by atoms with E-state index in [0.717, 1.165) is 11.6 Å². The molecule has 0 radical (unpaired) electrons. The van der Waals surface area contributed by atoms with E-state index in [1.165, 1.54) is 23.1 Å². The van der Waals surface area contributed by atoms with E-state index in [1.807, 2.05) is 13.8 Å². The highest BCUT2D eigenvalue weighted by molar-refractivity contribution is 7.92. The van der Waals surface area contributed by atoms with Crippen LogP contribution in [0.15, 0.2) is 71.9 Å². The lowest BCUT2D eigenvalue weighted by Gasteiger charge is -2.44. The zero-order valence-electron chi connectivity index (χ0n) is 23.8. The van der Waals surface area contributed by atoms with Gasteiger partial charge in [-0.2, -0.15) is 21.6 Å². The van der Waals surface area contributed by atoms with E-state index in [9.17, 15) is 36.3 Å². The highest BCUT2D eigenvalue weighted by Gasteiger charge is 2.50. The monoisotopic (exact) mass is 619 g/mol. The average molecular weight is 620 g/mol. The van der Waals surface area contributed by atoms with Gasteiger partial charge in [-0.15, -0.1) is 0 Å². The Morgan fingerprint density at radius 1 is 1.12 bits per heavy atom. The molecule has 13 heteroatoms. The van der Waals surface area contributed by atoms with Crippen LogP contribution in [0.1, 0.15) is 44.7 Å². The van der Waals surface area contributed by atoms with Crippen LogP contribution < -0.4 is 9.62 Å². The fraction of sp³-hybridized carbons (Fsp3) is 0.367. The Morgan fingerprint density at radius 2 is 1.81 bits per heavy atom. The van der Waals surface area contributed by atoms with Crippen molar-refractivity contribution in [2.24, 2.45) is 5.92 Å². The van der Waals surface area contributed by atoms with Crippen LogP contribution in [-0.2, 0) is 36.9 Å². The van der Waals surface area contributed by atoms with E-state index in [1.54, 1.807) is 37.3 Å². The zero-order valence-corrected chi connectivity index (χ0v) is 24.6. The molecule has 43 heavy (non-hydrogen) atoms. The van der Waals surface area contributed by atoms with Gasteiger partial charge in [0.15, 0.2) is 16.9 Å². The van der Waals surface area contributed by atoms with Crippen LogP contribution in [0.3, 0.4) is 0 Å². The Morgan fingerprint density at radius 3 is 2.37 bits per heavy atom. The molecule has 1 fully saturated rings. The molecular formula is C30H32F3N3O6S. The first-order chi connectivity index (χ1) is 20.1. The van der Waals surface area contributed by atoms with Crippen LogP contribution in [0.25, 0.3) is 0 Å². The molecule has 1 aromatic heterocycles.